The van der Waals surface area contributed by atoms with Crippen LogP contribution < -0.4 is 16.4 Å². The van der Waals surface area contributed by atoms with Crippen molar-refractivity contribution in [2.45, 2.75) is 25.3 Å². The number of rotatable bonds is 8. The van der Waals surface area contributed by atoms with E-state index in [1.54, 1.807) is 0 Å². The highest BCUT2D eigenvalue weighted by Crippen LogP contribution is 2.27. The van der Waals surface area contributed by atoms with Gasteiger partial charge in [-0.3, -0.25) is 19.5 Å². The first-order valence-corrected chi connectivity index (χ1v) is 9.30. The molecule has 0 atom stereocenters. The van der Waals surface area contributed by atoms with Gasteiger partial charge in [0.2, 0.25) is 5.91 Å². The summed E-state index contributed by atoms with van der Waals surface area (Å²) in [6, 6.07) is 22.8. The minimum Gasteiger partial charge on any atom is -0.356 e. The molecular weight excluding hydrogens is 354 g/mol. The summed E-state index contributed by atoms with van der Waals surface area (Å²) in [5.41, 5.74) is 1.71. The molecule has 0 radical (unpaired) electrons. The van der Waals surface area contributed by atoms with Crippen molar-refractivity contribution in [2.24, 2.45) is 0 Å². The second kappa shape index (κ2) is 9.50. The third kappa shape index (κ3) is 5.30. The van der Waals surface area contributed by atoms with Crippen LogP contribution in [0.3, 0.4) is 0 Å². The number of carbonyl (C=O) groups is 1. The summed E-state index contributed by atoms with van der Waals surface area (Å²) in [6.07, 6.45) is 0.892. The summed E-state index contributed by atoms with van der Waals surface area (Å²) in [5, 5.41) is 5.33. The Morgan fingerprint density at radius 1 is 0.893 bits per heavy atom. The summed E-state index contributed by atoms with van der Waals surface area (Å²) >= 11 is 0. The first kappa shape index (κ1) is 19.4. The van der Waals surface area contributed by atoms with Crippen LogP contribution in [0.1, 0.15) is 29.9 Å². The lowest BCUT2D eigenvalue weighted by atomic mass is 9.88. The van der Waals surface area contributed by atoms with Crippen LogP contribution >= 0.6 is 0 Å². The van der Waals surface area contributed by atoms with E-state index in [9.17, 15) is 14.4 Å². The SMILES string of the molecule is O=C(CCn1[nH]c(=O)ccc1=O)NCCC(c1ccccc1)c1ccccc1. The summed E-state index contributed by atoms with van der Waals surface area (Å²) in [5.74, 6) is 0.0345. The van der Waals surface area contributed by atoms with Gasteiger partial charge in [-0.2, -0.15) is 0 Å². The number of aromatic amines is 1. The molecule has 0 unspecified atom stereocenters. The Morgan fingerprint density at radius 2 is 1.50 bits per heavy atom. The van der Waals surface area contributed by atoms with Gasteiger partial charge in [0.25, 0.3) is 11.1 Å². The molecule has 0 aliphatic rings. The molecule has 0 saturated carbocycles. The van der Waals surface area contributed by atoms with Crippen LogP contribution in [0.15, 0.2) is 82.4 Å². The first-order chi connectivity index (χ1) is 13.6. The fourth-order valence-electron chi connectivity index (χ4n) is 3.18. The molecule has 6 nitrogen and oxygen atoms in total. The zero-order chi connectivity index (χ0) is 19.8. The van der Waals surface area contributed by atoms with Crippen LogP contribution in [-0.4, -0.2) is 22.2 Å². The van der Waals surface area contributed by atoms with Crippen LogP contribution in [-0.2, 0) is 11.3 Å². The number of aromatic nitrogens is 2. The average molecular weight is 377 g/mol. The van der Waals surface area contributed by atoms with E-state index in [0.29, 0.717) is 6.54 Å². The Bertz CT molecular complexity index is 971. The molecule has 28 heavy (non-hydrogen) atoms. The van der Waals surface area contributed by atoms with Crippen molar-refractivity contribution in [1.29, 1.82) is 0 Å². The Labute approximate surface area is 162 Å². The quantitative estimate of drug-likeness (QED) is 0.632. The van der Waals surface area contributed by atoms with Gasteiger partial charge in [0, 0.05) is 31.0 Å². The summed E-state index contributed by atoms with van der Waals surface area (Å²) in [7, 11) is 0. The molecule has 1 amide bonds. The molecule has 2 N–H and O–H groups in total. The van der Waals surface area contributed by atoms with Crippen molar-refractivity contribution in [3.05, 3.63) is 105 Å². The maximum absolute atomic E-state index is 12.1. The number of H-pyrrole nitrogens is 1. The third-order valence-corrected chi connectivity index (χ3v) is 4.61. The van der Waals surface area contributed by atoms with Crippen molar-refractivity contribution in [1.82, 2.24) is 15.1 Å². The molecule has 1 heterocycles. The number of hydrogen-bond acceptors (Lipinski definition) is 3. The van der Waals surface area contributed by atoms with Crippen LogP contribution in [0.2, 0.25) is 0 Å². The smallest absolute Gasteiger partial charge is 0.265 e. The number of carbonyl (C=O) groups excluding carboxylic acids is 1. The molecule has 0 bridgehead atoms. The molecule has 0 spiro atoms. The number of hydrogen-bond donors (Lipinski definition) is 2. The Hall–Kier alpha value is -3.41. The average Bonchev–Trinajstić information content (AvgIpc) is 2.73. The minimum atomic E-state index is -0.367. The zero-order valence-electron chi connectivity index (χ0n) is 15.5. The van der Waals surface area contributed by atoms with Crippen LogP contribution in [0.4, 0.5) is 0 Å². The number of benzene rings is 2. The topological polar surface area (TPSA) is 84.0 Å². The molecule has 0 aliphatic carbocycles. The molecule has 1 aromatic heterocycles. The fraction of sp³-hybridized carbons (Fsp3) is 0.227. The van der Waals surface area contributed by atoms with E-state index >= 15 is 0 Å². The van der Waals surface area contributed by atoms with Gasteiger partial charge in [0.05, 0.1) is 6.54 Å². The van der Waals surface area contributed by atoms with Crippen molar-refractivity contribution < 1.29 is 4.79 Å². The third-order valence-electron chi connectivity index (χ3n) is 4.61. The fourth-order valence-corrected chi connectivity index (χ4v) is 3.18. The van der Waals surface area contributed by atoms with E-state index in [2.05, 4.69) is 34.7 Å². The van der Waals surface area contributed by atoms with E-state index in [1.807, 2.05) is 36.4 Å². The highest BCUT2D eigenvalue weighted by molar-refractivity contribution is 5.75. The lowest BCUT2D eigenvalue weighted by Crippen LogP contribution is -2.32. The van der Waals surface area contributed by atoms with E-state index in [1.165, 1.54) is 23.3 Å². The van der Waals surface area contributed by atoms with Gasteiger partial charge in [-0.15, -0.1) is 0 Å². The molecule has 2 aromatic carbocycles. The lowest BCUT2D eigenvalue weighted by Gasteiger charge is -2.18. The molecular formula is C22H23N3O3. The zero-order valence-corrected chi connectivity index (χ0v) is 15.5. The van der Waals surface area contributed by atoms with Crippen molar-refractivity contribution in [2.75, 3.05) is 6.54 Å². The second-order valence-electron chi connectivity index (χ2n) is 6.56. The van der Waals surface area contributed by atoms with Crippen LogP contribution in [0.25, 0.3) is 0 Å². The van der Waals surface area contributed by atoms with E-state index in [4.69, 9.17) is 0 Å². The number of aryl methyl sites for hydroxylation is 1. The predicted molar refractivity (Wildman–Crippen MR) is 108 cm³/mol. The molecule has 6 heteroatoms. The number of amides is 1. The monoisotopic (exact) mass is 377 g/mol. The van der Waals surface area contributed by atoms with Gasteiger partial charge in [-0.25, -0.2) is 4.68 Å². The maximum atomic E-state index is 12.1. The molecule has 0 aliphatic heterocycles. The maximum Gasteiger partial charge on any atom is 0.265 e. The number of nitrogens with one attached hydrogen (secondary N) is 2. The van der Waals surface area contributed by atoms with Crippen molar-refractivity contribution in [3.63, 3.8) is 0 Å². The van der Waals surface area contributed by atoms with Crippen molar-refractivity contribution >= 4 is 5.91 Å². The Morgan fingerprint density at radius 3 is 2.11 bits per heavy atom. The standard InChI is InChI=1S/C22H23N3O3/c26-20(14-16-25-22(28)12-11-21(27)24-25)23-15-13-19(17-7-3-1-4-8-17)18-9-5-2-6-10-18/h1-12,19H,13-16H2,(H,23,26)(H,24,27). The molecule has 144 valence electrons. The molecule has 0 saturated heterocycles. The summed E-state index contributed by atoms with van der Waals surface area (Å²) in [4.78, 5) is 35.1. The van der Waals surface area contributed by atoms with Crippen molar-refractivity contribution in [3.8, 4) is 0 Å². The molecule has 3 aromatic rings. The van der Waals surface area contributed by atoms with Gasteiger partial charge >= 0.3 is 0 Å². The van der Waals surface area contributed by atoms with Gasteiger partial charge in [0.15, 0.2) is 0 Å². The molecule has 3 rings (SSSR count). The number of nitrogens with zero attached hydrogens (tertiary/aromatic N) is 1. The van der Waals surface area contributed by atoms with Gasteiger partial charge in [-0.05, 0) is 17.5 Å². The van der Waals surface area contributed by atoms with Crippen LogP contribution in [0, 0.1) is 0 Å². The van der Waals surface area contributed by atoms with E-state index in [-0.39, 0.29) is 35.9 Å². The van der Waals surface area contributed by atoms with Gasteiger partial charge in [-0.1, -0.05) is 60.7 Å². The summed E-state index contributed by atoms with van der Waals surface area (Å²) < 4.78 is 1.15. The van der Waals surface area contributed by atoms with Gasteiger partial charge < -0.3 is 5.32 Å². The largest absolute Gasteiger partial charge is 0.356 e. The van der Waals surface area contributed by atoms with E-state index < -0.39 is 0 Å². The normalized spacial score (nSPS) is 10.8. The summed E-state index contributed by atoms with van der Waals surface area (Å²) in [6.45, 7) is 0.662. The lowest BCUT2D eigenvalue weighted by molar-refractivity contribution is -0.121. The first-order valence-electron chi connectivity index (χ1n) is 9.30. The predicted octanol–water partition coefficient (Wildman–Crippen LogP) is 2.27. The van der Waals surface area contributed by atoms with E-state index in [0.717, 1.165) is 11.1 Å². The highest BCUT2D eigenvalue weighted by atomic mass is 16.2. The minimum absolute atomic E-state index is 0.126. The second-order valence-corrected chi connectivity index (χ2v) is 6.56. The Kier molecular flexibility index (Phi) is 6.57. The Balaban J connectivity index is 1.57. The van der Waals surface area contributed by atoms with Crippen LogP contribution in [0.5, 0.6) is 0 Å². The van der Waals surface area contributed by atoms with Gasteiger partial charge in [0.1, 0.15) is 0 Å². The highest BCUT2D eigenvalue weighted by Gasteiger charge is 2.14. The molecule has 0 fully saturated rings.